The summed E-state index contributed by atoms with van der Waals surface area (Å²) in [5.74, 6) is 1.53. The van der Waals surface area contributed by atoms with Crippen molar-refractivity contribution < 1.29 is 14.3 Å². The molecule has 3 rings (SSSR count). The van der Waals surface area contributed by atoms with Crippen molar-refractivity contribution in [1.29, 1.82) is 0 Å². The van der Waals surface area contributed by atoms with Gasteiger partial charge in [0.25, 0.3) is 0 Å². The molecule has 3 aromatic rings. The number of nitrogens with zero attached hydrogens (tertiary/aromatic N) is 2. The fraction of sp³-hybridized carbons (Fsp3) is 0.370. The van der Waals surface area contributed by atoms with E-state index < -0.39 is 0 Å². The van der Waals surface area contributed by atoms with Gasteiger partial charge in [0.2, 0.25) is 0 Å². The summed E-state index contributed by atoms with van der Waals surface area (Å²) in [5.41, 5.74) is 4.17. The van der Waals surface area contributed by atoms with Crippen LogP contribution in [0, 0.1) is 12.8 Å². The highest BCUT2D eigenvalue weighted by molar-refractivity contribution is 5.91. The van der Waals surface area contributed by atoms with E-state index in [9.17, 15) is 4.79 Å². The molecule has 0 saturated heterocycles. The van der Waals surface area contributed by atoms with Gasteiger partial charge in [-0.05, 0) is 49.6 Å². The number of anilines is 1. The van der Waals surface area contributed by atoms with E-state index in [1.165, 1.54) is 11.1 Å². The van der Waals surface area contributed by atoms with Gasteiger partial charge in [0.1, 0.15) is 11.5 Å². The highest BCUT2D eigenvalue weighted by atomic mass is 16.5. The summed E-state index contributed by atoms with van der Waals surface area (Å²) in [6.07, 6.45) is 2.07. The molecule has 0 aliphatic carbocycles. The minimum atomic E-state index is -0.164. The molecule has 1 N–H and O–H groups in total. The molecule has 1 unspecified atom stereocenters. The Morgan fingerprint density at radius 1 is 1.03 bits per heavy atom. The summed E-state index contributed by atoms with van der Waals surface area (Å²) in [6.45, 7) is 9.72. The van der Waals surface area contributed by atoms with Crippen LogP contribution >= 0.6 is 0 Å². The molecule has 1 aromatic heterocycles. The van der Waals surface area contributed by atoms with E-state index in [0.29, 0.717) is 29.6 Å². The van der Waals surface area contributed by atoms with Gasteiger partial charge in [-0.3, -0.25) is 0 Å². The zero-order valence-corrected chi connectivity index (χ0v) is 20.5. The Morgan fingerprint density at radius 3 is 2.48 bits per heavy atom. The molecule has 176 valence electrons. The molecule has 2 amide bonds. The molecule has 2 aromatic carbocycles. The number of carbonyl (C=O) groups excluding carboxylic acids is 1. The van der Waals surface area contributed by atoms with Crippen LogP contribution in [0.5, 0.6) is 11.5 Å². The van der Waals surface area contributed by atoms with Crippen molar-refractivity contribution in [3.05, 3.63) is 77.6 Å². The maximum Gasteiger partial charge on any atom is 0.322 e. The Bertz CT molecular complexity index is 1070. The number of aryl methyl sites for hydroxylation is 1. The summed E-state index contributed by atoms with van der Waals surface area (Å²) in [7, 11) is 3.18. The van der Waals surface area contributed by atoms with Crippen molar-refractivity contribution in [3.63, 3.8) is 0 Å². The standard InChI is InChI=1S/C27H35N3O3/c1-19(2)21(4)30(27(31)28-25-13-12-24(32-5)16-26(25)33-6)18-23-11-8-14-29(23)17-22-10-7-9-20(3)15-22/h7-16,19,21H,17-18H2,1-6H3,(H,28,31). The van der Waals surface area contributed by atoms with Gasteiger partial charge in [-0.2, -0.15) is 0 Å². The van der Waals surface area contributed by atoms with Gasteiger partial charge in [0, 0.05) is 30.5 Å². The van der Waals surface area contributed by atoms with E-state index in [0.717, 1.165) is 12.2 Å². The monoisotopic (exact) mass is 449 g/mol. The van der Waals surface area contributed by atoms with E-state index in [1.54, 1.807) is 32.4 Å². The Kier molecular flexibility index (Phi) is 8.04. The molecule has 0 aliphatic rings. The molecule has 0 bridgehead atoms. The molecule has 0 saturated carbocycles. The number of nitrogens with one attached hydrogen (secondary N) is 1. The predicted octanol–water partition coefficient (Wildman–Crippen LogP) is 5.94. The van der Waals surface area contributed by atoms with Gasteiger partial charge in [0.05, 0.1) is 26.5 Å². The lowest BCUT2D eigenvalue weighted by molar-refractivity contribution is 0.168. The van der Waals surface area contributed by atoms with Crippen LogP contribution in [0.2, 0.25) is 0 Å². The Labute approximate surface area is 197 Å². The molecule has 0 fully saturated rings. The number of aromatic nitrogens is 1. The maximum absolute atomic E-state index is 13.4. The minimum Gasteiger partial charge on any atom is -0.497 e. The van der Waals surface area contributed by atoms with Crippen molar-refractivity contribution in [2.75, 3.05) is 19.5 Å². The highest BCUT2D eigenvalue weighted by Gasteiger charge is 2.25. The molecule has 33 heavy (non-hydrogen) atoms. The van der Waals surface area contributed by atoms with Crippen LogP contribution in [0.4, 0.5) is 10.5 Å². The number of rotatable bonds is 9. The minimum absolute atomic E-state index is 0.0385. The van der Waals surface area contributed by atoms with Crippen LogP contribution in [0.3, 0.4) is 0 Å². The molecule has 0 aliphatic heterocycles. The zero-order valence-electron chi connectivity index (χ0n) is 20.5. The summed E-state index contributed by atoms with van der Waals surface area (Å²) < 4.78 is 12.9. The topological polar surface area (TPSA) is 55.7 Å². The van der Waals surface area contributed by atoms with E-state index in [4.69, 9.17) is 9.47 Å². The van der Waals surface area contributed by atoms with Gasteiger partial charge in [-0.1, -0.05) is 43.7 Å². The lowest BCUT2D eigenvalue weighted by Gasteiger charge is -2.32. The summed E-state index contributed by atoms with van der Waals surface area (Å²) in [5, 5.41) is 3.03. The normalized spacial score (nSPS) is 11.8. The molecule has 6 heteroatoms. The smallest absolute Gasteiger partial charge is 0.322 e. The Morgan fingerprint density at radius 2 is 1.82 bits per heavy atom. The van der Waals surface area contributed by atoms with Crippen molar-refractivity contribution in [1.82, 2.24) is 9.47 Å². The maximum atomic E-state index is 13.4. The molecular weight excluding hydrogens is 414 g/mol. The van der Waals surface area contributed by atoms with E-state index >= 15 is 0 Å². The average molecular weight is 450 g/mol. The van der Waals surface area contributed by atoms with Crippen molar-refractivity contribution in [2.45, 2.75) is 46.8 Å². The van der Waals surface area contributed by atoms with Crippen LogP contribution in [-0.4, -0.2) is 35.8 Å². The van der Waals surface area contributed by atoms with Crippen molar-refractivity contribution >= 4 is 11.7 Å². The number of carbonyl (C=O) groups is 1. The largest absolute Gasteiger partial charge is 0.497 e. The van der Waals surface area contributed by atoms with Gasteiger partial charge in [-0.15, -0.1) is 0 Å². The zero-order chi connectivity index (χ0) is 24.0. The number of hydrogen-bond donors (Lipinski definition) is 1. The lowest BCUT2D eigenvalue weighted by atomic mass is 10.0. The van der Waals surface area contributed by atoms with Crippen molar-refractivity contribution in [3.8, 4) is 11.5 Å². The van der Waals surface area contributed by atoms with Crippen molar-refractivity contribution in [2.24, 2.45) is 5.92 Å². The average Bonchev–Trinajstić information content (AvgIpc) is 3.23. The molecular formula is C27H35N3O3. The molecule has 1 atom stereocenters. The van der Waals surface area contributed by atoms with Gasteiger partial charge in [-0.25, -0.2) is 4.79 Å². The van der Waals surface area contributed by atoms with E-state index in [-0.39, 0.29) is 12.1 Å². The molecule has 1 heterocycles. The first-order chi connectivity index (χ1) is 15.8. The number of methoxy groups -OCH3 is 2. The first-order valence-electron chi connectivity index (χ1n) is 11.3. The fourth-order valence-corrected chi connectivity index (χ4v) is 3.78. The van der Waals surface area contributed by atoms with Crippen LogP contribution in [0.1, 0.15) is 37.6 Å². The lowest BCUT2D eigenvalue weighted by Crippen LogP contribution is -2.43. The van der Waals surface area contributed by atoms with Gasteiger partial charge >= 0.3 is 6.03 Å². The van der Waals surface area contributed by atoms with E-state index in [2.05, 4.69) is 74.1 Å². The molecule has 0 spiro atoms. The second-order valence-corrected chi connectivity index (χ2v) is 8.73. The Hall–Kier alpha value is -3.41. The number of urea groups is 1. The number of benzene rings is 2. The number of amides is 2. The fourth-order valence-electron chi connectivity index (χ4n) is 3.78. The molecule has 0 radical (unpaired) electrons. The predicted molar refractivity (Wildman–Crippen MR) is 133 cm³/mol. The summed E-state index contributed by atoms with van der Waals surface area (Å²) >= 11 is 0. The quantitative estimate of drug-likeness (QED) is 0.440. The SMILES string of the molecule is COc1ccc(NC(=O)N(Cc2cccn2Cc2cccc(C)c2)C(C)C(C)C)c(OC)c1. The highest BCUT2D eigenvalue weighted by Crippen LogP contribution is 2.30. The van der Waals surface area contributed by atoms with Gasteiger partial charge in [0.15, 0.2) is 0 Å². The van der Waals surface area contributed by atoms with Crippen LogP contribution < -0.4 is 14.8 Å². The second-order valence-electron chi connectivity index (χ2n) is 8.73. The number of ether oxygens (including phenoxy) is 2. The first kappa shape index (κ1) is 24.2. The molecule has 6 nitrogen and oxygen atoms in total. The van der Waals surface area contributed by atoms with Gasteiger partial charge < -0.3 is 24.3 Å². The number of hydrogen-bond acceptors (Lipinski definition) is 3. The third-order valence-corrected chi connectivity index (χ3v) is 6.06. The van der Waals surface area contributed by atoms with Crippen LogP contribution in [0.15, 0.2) is 60.8 Å². The van der Waals surface area contributed by atoms with Crippen LogP contribution in [0.25, 0.3) is 0 Å². The third-order valence-electron chi connectivity index (χ3n) is 6.06. The van der Waals surface area contributed by atoms with E-state index in [1.807, 2.05) is 11.0 Å². The summed E-state index contributed by atoms with van der Waals surface area (Å²) in [4.78, 5) is 15.3. The first-order valence-corrected chi connectivity index (χ1v) is 11.3. The van der Waals surface area contributed by atoms with Crippen LogP contribution in [-0.2, 0) is 13.1 Å². The second kappa shape index (κ2) is 10.9. The summed E-state index contributed by atoms with van der Waals surface area (Å²) in [6, 6.07) is 17.9. The Balaban J connectivity index is 1.83. The third kappa shape index (κ3) is 6.09.